The highest BCUT2D eigenvalue weighted by molar-refractivity contribution is 5.48. The molecule has 1 aromatic heterocycles. The minimum Gasteiger partial charge on any atom is -0.474 e. The lowest BCUT2D eigenvalue weighted by Crippen LogP contribution is -2.35. The summed E-state index contributed by atoms with van der Waals surface area (Å²) in [5.41, 5.74) is 0.00605. The molecule has 0 saturated carbocycles. The Morgan fingerprint density at radius 2 is 2.19 bits per heavy atom. The molecular weight excluding hydrogens is 272 g/mol. The molecule has 1 aromatic rings. The second-order valence-electron chi connectivity index (χ2n) is 5.35. The topological polar surface area (TPSA) is 80.5 Å². The third-order valence-electron chi connectivity index (χ3n) is 3.51. The molecule has 0 aromatic carbocycles. The van der Waals surface area contributed by atoms with Gasteiger partial charge in [0.1, 0.15) is 11.9 Å². The maximum absolute atomic E-state index is 11.0. The van der Waals surface area contributed by atoms with Crippen LogP contribution in [-0.4, -0.2) is 47.6 Å². The number of nitrogens with zero attached hydrogens (tertiary/aromatic N) is 3. The van der Waals surface area contributed by atoms with E-state index in [1.165, 1.54) is 12.1 Å². The second-order valence-corrected chi connectivity index (χ2v) is 5.35. The summed E-state index contributed by atoms with van der Waals surface area (Å²) in [6.45, 7) is 4.70. The van der Waals surface area contributed by atoms with Gasteiger partial charge in [-0.25, -0.2) is 0 Å². The molecule has 1 N–H and O–H groups in total. The number of rotatable bonds is 6. The molecule has 116 valence electrons. The van der Waals surface area contributed by atoms with E-state index in [-0.39, 0.29) is 11.8 Å². The zero-order chi connectivity index (χ0) is 15.2. The summed E-state index contributed by atoms with van der Waals surface area (Å²) < 4.78 is 5.83. The summed E-state index contributed by atoms with van der Waals surface area (Å²) >= 11 is 0. The number of likely N-dealkylation sites (tertiary alicyclic amines) is 1. The highest BCUT2D eigenvalue weighted by atomic mass is 16.6. The van der Waals surface area contributed by atoms with Gasteiger partial charge in [-0.15, -0.1) is 0 Å². The van der Waals surface area contributed by atoms with Crippen LogP contribution in [0.4, 0.5) is 11.5 Å². The molecule has 0 atom stereocenters. The van der Waals surface area contributed by atoms with Crippen LogP contribution >= 0.6 is 0 Å². The van der Waals surface area contributed by atoms with Gasteiger partial charge in [0.2, 0.25) is 5.88 Å². The first-order chi connectivity index (χ1) is 10.1. The van der Waals surface area contributed by atoms with Gasteiger partial charge in [-0.2, -0.15) is 4.98 Å². The summed E-state index contributed by atoms with van der Waals surface area (Å²) in [5.74, 6) is 0.825. The second kappa shape index (κ2) is 7.21. The highest BCUT2D eigenvalue weighted by Crippen LogP contribution is 2.24. The van der Waals surface area contributed by atoms with Crippen LogP contribution < -0.4 is 10.1 Å². The number of aromatic nitrogens is 1. The van der Waals surface area contributed by atoms with E-state index in [1.54, 1.807) is 0 Å². The lowest BCUT2D eigenvalue weighted by Gasteiger charge is -2.28. The van der Waals surface area contributed by atoms with E-state index in [9.17, 15) is 10.1 Å². The Morgan fingerprint density at radius 3 is 2.81 bits per heavy atom. The van der Waals surface area contributed by atoms with E-state index < -0.39 is 4.92 Å². The number of hydrogen-bond acceptors (Lipinski definition) is 6. The Hall–Kier alpha value is -1.89. The fourth-order valence-electron chi connectivity index (χ4n) is 2.27. The number of pyridine rings is 1. The van der Waals surface area contributed by atoms with E-state index in [1.807, 2.05) is 6.92 Å². The molecule has 7 nitrogen and oxygen atoms in total. The van der Waals surface area contributed by atoms with Crippen molar-refractivity contribution in [1.29, 1.82) is 0 Å². The Labute approximate surface area is 124 Å². The molecule has 0 amide bonds. The molecule has 21 heavy (non-hydrogen) atoms. The third kappa shape index (κ3) is 4.56. The first-order valence-electron chi connectivity index (χ1n) is 7.34. The van der Waals surface area contributed by atoms with Crippen molar-refractivity contribution in [2.45, 2.75) is 32.3 Å². The van der Waals surface area contributed by atoms with Gasteiger partial charge in [0.05, 0.1) is 17.1 Å². The van der Waals surface area contributed by atoms with E-state index >= 15 is 0 Å². The molecule has 1 aliphatic heterocycles. The standard InChI is InChI=1S/C14H22N4O3/c1-3-6-15-13-9-11(18(19)20)10-14(16-13)21-12-4-7-17(2)8-5-12/h9-10,12H,3-8H2,1-2H3,(H,15,16). The molecule has 0 bridgehead atoms. The van der Waals surface area contributed by atoms with Crippen molar-refractivity contribution < 1.29 is 9.66 Å². The minimum atomic E-state index is -0.416. The van der Waals surface area contributed by atoms with Crippen LogP contribution in [0.25, 0.3) is 0 Å². The molecule has 7 heteroatoms. The minimum absolute atomic E-state index is 0.00605. The number of piperidine rings is 1. The molecule has 1 fully saturated rings. The predicted octanol–water partition coefficient (Wildman–Crippen LogP) is 2.28. The first-order valence-corrected chi connectivity index (χ1v) is 7.34. The maximum Gasteiger partial charge on any atom is 0.278 e. The largest absolute Gasteiger partial charge is 0.474 e. The average Bonchev–Trinajstić information content (AvgIpc) is 2.47. The van der Waals surface area contributed by atoms with Crippen LogP contribution in [0.1, 0.15) is 26.2 Å². The van der Waals surface area contributed by atoms with Gasteiger partial charge in [0, 0.05) is 19.6 Å². The summed E-state index contributed by atoms with van der Waals surface area (Å²) in [7, 11) is 2.08. The summed E-state index contributed by atoms with van der Waals surface area (Å²) in [4.78, 5) is 17.1. The molecule has 2 rings (SSSR count). The van der Waals surface area contributed by atoms with Gasteiger partial charge in [-0.05, 0) is 26.3 Å². The molecule has 1 saturated heterocycles. The molecule has 0 radical (unpaired) electrons. The van der Waals surface area contributed by atoms with Crippen LogP contribution in [0.2, 0.25) is 0 Å². The van der Waals surface area contributed by atoms with Crippen LogP contribution in [0, 0.1) is 10.1 Å². The number of hydrogen-bond donors (Lipinski definition) is 1. The molecule has 1 aliphatic rings. The summed E-state index contributed by atoms with van der Waals surface area (Å²) in [6.07, 6.45) is 2.84. The normalized spacial score (nSPS) is 16.7. The Kier molecular flexibility index (Phi) is 5.32. The number of nitro groups is 1. The fraction of sp³-hybridized carbons (Fsp3) is 0.643. The summed E-state index contributed by atoms with van der Waals surface area (Å²) in [6, 6.07) is 2.84. The third-order valence-corrected chi connectivity index (χ3v) is 3.51. The van der Waals surface area contributed by atoms with Crippen LogP contribution in [0.5, 0.6) is 5.88 Å². The first kappa shape index (κ1) is 15.5. The van der Waals surface area contributed by atoms with Crippen molar-refractivity contribution in [3.63, 3.8) is 0 Å². The lowest BCUT2D eigenvalue weighted by atomic mass is 10.1. The lowest BCUT2D eigenvalue weighted by molar-refractivity contribution is -0.384. The molecule has 0 unspecified atom stereocenters. The predicted molar refractivity (Wildman–Crippen MR) is 80.8 cm³/mol. The zero-order valence-electron chi connectivity index (χ0n) is 12.5. The number of ether oxygens (including phenoxy) is 1. The van der Waals surface area contributed by atoms with Gasteiger partial charge in [-0.1, -0.05) is 6.92 Å². The molecular formula is C14H22N4O3. The molecule has 0 aliphatic carbocycles. The SMILES string of the molecule is CCCNc1cc([N+](=O)[O-])cc(OC2CCN(C)CC2)n1. The Bertz CT molecular complexity index is 487. The van der Waals surface area contributed by atoms with Gasteiger partial charge < -0.3 is 15.0 Å². The fourth-order valence-corrected chi connectivity index (χ4v) is 2.27. The Morgan fingerprint density at radius 1 is 1.48 bits per heavy atom. The van der Waals surface area contributed by atoms with Crippen molar-refractivity contribution in [1.82, 2.24) is 9.88 Å². The monoisotopic (exact) mass is 294 g/mol. The Balaban J connectivity index is 2.09. The van der Waals surface area contributed by atoms with E-state index in [0.717, 1.165) is 38.9 Å². The zero-order valence-corrected chi connectivity index (χ0v) is 12.5. The van der Waals surface area contributed by atoms with Gasteiger partial charge in [0.25, 0.3) is 5.69 Å². The van der Waals surface area contributed by atoms with Crippen molar-refractivity contribution >= 4 is 11.5 Å². The van der Waals surface area contributed by atoms with Crippen LogP contribution in [0.15, 0.2) is 12.1 Å². The van der Waals surface area contributed by atoms with Crippen LogP contribution in [-0.2, 0) is 0 Å². The van der Waals surface area contributed by atoms with E-state index in [2.05, 4.69) is 22.2 Å². The average molecular weight is 294 g/mol. The molecule has 0 spiro atoms. The number of anilines is 1. The van der Waals surface area contributed by atoms with Crippen molar-refractivity contribution in [3.8, 4) is 5.88 Å². The summed E-state index contributed by atoms with van der Waals surface area (Å²) in [5, 5.41) is 14.1. The maximum atomic E-state index is 11.0. The smallest absolute Gasteiger partial charge is 0.278 e. The number of nitrogens with one attached hydrogen (secondary N) is 1. The van der Waals surface area contributed by atoms with Gasteiger partial charge >= 0.3 is 0 Å². The highest BCUT2D eigenvalue weighted by Gasteiger charge is 2.20. The quantitative estimate of drug-likeness (QED) is 0.640. The molecule has 2 heterocycles. The van der Waals surface area contributed by atoms with Gasteiger partial charge in [0.15, 0.2) is 0 Å². The van der Waals surface area contributed by atoms with Crippen LogP contribution in [0.3, 0.4) is 0 Å². The van der Waals surface area contributed by atoms with E-state index in [0.29, 0.717) is 11.7 Å². The van der Waals surface area contributed by atoms with Crippen molar-refractivity contribution in [3.05, 3.63) is 22.2 Å². The van der Waals surface area contributed by atoms with E-state index in [4.69, 9.17) is 4.74 Å². The van der Waals surface area contributed by atoms with Crippen molar-refractivity contribution in [2.24, 2.45) is 0 Å². The van der Waals surface area contributed by atoms with Crippen molar-refractivity contribution in [2.75, 3.05) is 32.0 Å². The van der Waals surface area contributed by atoms with Gasteiger partial charge in [-0.3, -0.25) is 10.1 Å².